The number of hydrogen-bond acceptors (Lipinski definition) is 3. The van der Waals surface area contributed by atoms with Gasteiger partial charge in [0, 0.05) is 23.5 Å². The number of aryl methyl sites for hydroxylation is 1. The molecule has 2 aliphatic rings. The smallest absolute Gasteiger partial charge is 0.325 e. The number of nitrogens with zero attached hydrogens (tertiary/aromatic N) is 2. The summed E-state index contributed by atoms with van der Waals surface area (Å²) in [6.45, 7) is 6.66. The van der Waals surface area contributed by atoms with E-state index in [-0.39, 0.29) is 18.2 Å². The molecule has 3 amide bonds. The third kappa shape index (κ3) is 2.54. The zero-order valence-corrected chi connectivity index (χ0v) is 14.6. The lowest BCUT2D eigenvalue weighted by molar-refractivity contribution is -0.130. The van der Waals surface area contributed by atoms with Crippen molar-refractivity contribution in [2.24, 2.45) is 0 Å². The fraction of sp³-hybridized carbons (Fsp3) is 0.611. The van der Waals surface area contributed by atoms with Crippen molar-refractivity contribution in [3.05, 3.63) is 23.0 Å². The summed E-state index contributed by atoms with van der Waals surface area (Å²) in [5.41, 5.74) is 1.79. The molecule has 24 heavy (non-hydrogen) atoms. The van der Waals surface area contributed by atoms with Crippen LogP contribution in [-0.4, -0.2) is 39.3 Å². The molecule has 0 radical (unpaired) electrons. The molecule has 2 fully saturated rings. The Labute approximate surface area is 142 Å². The van der Waals surface area contributed by atoms with Crippen molar-refractivity contribution in [1.82, 2.24) is 14.8 Å². The second kappa shape index (κ2) is 6.07. The Morgan fingerprint density at radius 1 is 1.25 bits per heavy atom. The van der Waals surface area contributed by atoms with E-state index in [1.165, 1.54) is 0 Å². The number of urea groups is 1. The van der Waals surface area contributed by atoms with Crippen molar-refractivity contribution in [1.29, 1.82) is 0 Å². The van der Waals surface area contributed by atoms with Crippen molar-refractivity contribution in [3.63, 3.8) is 0 Å². The summed E-state index contributed by atoms with van der Waals surface area (Å²) in [4.78, 5) is 38.7. The predicted molar refractivity (Wildman–Crippen MR) is 90.0 cm³/mol. The highest BCUT2D eigenvalue weighted by molar-refractivity contribution is 6.11. The van der Waals surface area contributed by atoms with E-state index < -0.39 is 11.6 Å². The highest BCUT2D eigenvalue weighted by Crippen LogP contribution is 2.35. The van der Waals surface area contributed by atoms with E-state index in [1.54, 1.807) is 0 Å². The summed E-state index contributed by atoms with van der Waals surface area (Å²) >= 11 is 0. The Hall–Kier alpha value is -2.11. The van der Waals surface area contributed by atoms with E-state index in [9.17, 15) is 14.4 Å². The first-order valence-corrected chi connectivity index (χ1v) is 8.73. The van der Waals surface area contributed by atoms with Crippen molar-refractivity contribution < 1.29 is 14.4 Å². The van der Waals surface area contributed by atoms with Gasteiger partial charge in [0.1, 0.15) is 5.54 Å². The van der Waals surface area contributed by atoms with Gasteiger partial charge in [-0.25, -0.2) is 4.79 Å². The molecule has 0 atom stereocenters. The first-order valence-electron chi connectivity index (χ1n) is 8.73. The maximum absolute atomic E-state index is 12.7. The average Bonchev–Trinajstić information content (AvgIpc) is 3.18. The molecule has 0 aromatic carbocycles. The number of hydrogen-bond donors (Lipinski definition) is 1. The van der Waals surface area contributed by atoms with Gasteiger partial charge in [0.25, 0.3) is 5.91 Å². The lowest BCUT2D eigenvalue weighted by atomic mass is 9.98. The van der Waals surface area contributed by atoms with Crippen LogP contribution in [0.25, 0.3) is 0 Å². The zero-order valence-electron chi connectivity index (χ0n) is 14.6. The van der Waals surface area contributed by atoms with Crippen LogP contribution in [0.4, 0.5) is 4.79 Å². The third-order valence-electron chi connectivity index (χ3n) is 5.33. The molecule has 3 rings (SSSR count). The monoisotopic (exact) mass is 331 g/mol. The summed E-state index contributed by atoms with van der Waals surface area (Å²) in [6.07, 6.45) is 4.21. The van der Waals surface area contributed by atoms with E-state index in [0.29, 0.717) is 18.4 Å². The average molecular weight is 331 g/mol. The van der Waals surface area contributed by atoms with Gasteiger partial charge >= 0.3 is 6.03 Å². The fourth-order valence-electron chi connectivity index (χ4n) is 4.02. The number of Topliss-reactive ketones (excluding diaryl/α,β-unsaturated/α-hetero) is 1. The van der Waals surface area contributed by atoms with Gasteiger partial charge in [-0.15, -0.1) is 0 Å². The number of aromatic nitrogens is 1. The Balaban J connectivity index is 1.79. The Kier molecular flexibility index (Phi) is 4.24. The number of nitrogens with one attached hydrogen (secondary N) is 1. The molecule has 1 spiro atoms. The summed E-state index contributed by atoms with van der Waals surface area (Å²) < 4.78 is 2.11. The van der Waals surface area contributed by atoms with Gasteiger partial charge in [-0.3, -0.25) is 14.5 Å². The summed E-state index contributed by atoms with van der Waals surface area (Å²) in [5.74, 6) is -0.412. The normalized spacial score (nSPS) is 19.4. The highest BCUT2D eigenvalue weighted by Gasteiger charge is 2.52. The molecule has 130 valence electrons. The van der Waals surface area contributed by atoms with E-state index in [4.69, 9.17) is 0 Å². The van der Waals surface area contributed by atoms with Crippen LogP contribution in [0.3, 0.4) is 0 Å². The Bertz CT molecular complexity index is 699. The Morgan fingerprint density at radius 2 is 1.92 bits per heavy atom. The SMILES string of the molecule is CCCn1c(C)cc(C(=O)CN2C(=O)NC3(CCCC3)C2=O)c1C. The Morgan fingerprint density at radius 3 is 2.54 bits per heavy atom. The minimum Gasteiger partial charge on any atom is -0.348 e. The maximum Gasteiger partial charge on any atom is 0.325 e. The number of carbonyl (C=O) groups is 3. The number of rotatable bonds is 5. The van der Waals surface area contributed by atoms with E-state index in [2.05, 4.69) is 16.8 Å². The zero-order chi connectivity index (χ0) is 17.5. The molecular weight excluding hydrogens is 306 g/mol. The first-order chi connectivity index (χ1) is 11.4. The van der Waals surface area contributed by atoms with Gasteiger partial charge in [0.05, 0.1) is 6.54 Å². The number of ketones is 1. The molecule has 1 aliphatic carbocycles. The molecule has 1 N–H and O–H groups in total. The topological polar surface area (TPSA) is 71.4 Å². The lowest BCUT2D eigenvalue weighted by Gasteiger charge is -2.19. The minimum absolute atomic E-state index is 0.177. The molecule has 1 saturated carbocycles. The molecule has 2 heterocycles. The molecule has 1 saturated heterocycles. The quantitative estimate of drug-likeness (QED) is 0.666. The number of amides is 3. The van der Waals surface area contributed by atoms with Crippen LogP contribution in [0.1, 0.15) is 60.8 Å². The minimum atomic E-state index is -0.754. The number of carbonyl (C=O) groups excluding carboxylic acids is 3. The van der Waals surface area contributed by atoms with Crippen LogP contribution in [0.5, 0.6) is 0 Å². The lowest BCUT2D eigenvalue weighted by Crippen LogP contribution is -2.44. The van der Waals surface area contributed by atoms with Gasteiger partial charge in [-0.2, -0.15) is 0 Å². The van der Waals surface area contributed by atoms with E-state index in [0.717, 1.165) is 42.1 Å². The van der Waals surface area contributed by atoms with Crippen LogP contribution in [-0.2, 0) is 11.3 Å². The largest absolute Gasteiger partial charge is 0.348 e. The molecule has 1 aromatic rings. The van der Waals surface area contributed by atoms with Crippen molar-refractivity contribution in [2.45, 2.75) is 65.0 Å². The molecule has 0 bridgehead atoms. The van der Waals surface area contributed by atoms with Crippen LogP contribution in [0, 0.1) is 13.8 Å². The van der Waals surface area contributed by atoms with E-state index >= 15 is 0 Å². The van der Waals surface area contributed by atoms with Crippen LogP contribution in [0.15, 0.2) is 6.07 Å². The molecule has 1 aromatic heterocycles. The van der Waals surface area contributed by atoms with Crippen molar-refractivity contribution in [2.75, 3.05) is 6.54 Å². The van der Waals surface area contributed by atoms with Crippen molar-refractivity contribution >= 4 is 17.7 Å². The molecule has 1 aliphatic heterocycles. The fourth-order valence-corrected chi connectivity index (χ4v) is 4.02. The third-order valence-corrected chi connectivity index (χ3v) is 5.33. The summed E-state index contributed by atoms with van der Waals surface area (Å²) in [6, 6.07) is 1.43. The van der Waals surface area contributed by atoms with E-state index in [1.807, 2.05) is 19.9 Å². The summed E-state index contributed by atoms with van der Waals surface area (Å²) in [7, 11) is 0. The second-order valence-corrected chi connectivity index (χ2v) is 6.97. The molecule has 6 heteroatoms. The standard InChI is InChI=1S/C18H25N3O3/c1-4-9-20-12(2)10-14(13(20)3)15(22)11-21-16(23)18(19-17(21)24)7-5-6-8-18/h10H,4-9,11H2,1-3H3,(H,19,24). The van der Waals surface area contributed by atoms with Gasteiger partial charge in [-0.05, 0) is 39.2 Å². The molecule has 0 unspecified atom stereocenters. The maximum atomic E-state index is 12.7. The highest BCUT2D eigenvalue weighted by atomic mass is 16.2. The van der Waals surface area contributed by atoms with Crippen molar-refractivity contribution in [3.8, 4) is 0 Å². The number of imide groups is 1. The predicted octanol–water partition coefficient (Wildman–Crippen LogP) is 2.56. The van der Waals surface area contributed by atoms with Gasteiger partial charge in [-0.1, -0.05) is 19.8 Å². The summed E-state index contributed by atoms with van der Waals surface area (Å²) in [5, 5.41) is 2.82. The second-order valence-electron chi connectivity index (χ2n) is 6.97. The van der Waals surface area contributed by atoms with Gasteiger partial charge < -0.3 is 9.88 Å². The molecule has 6 nitrogen and oxygen atoms in total. The van der Waals surface area contributed by atoms with Gasteiger partial charge in [0.15, 0.2) is 5.78 Å². The molecular formula is C18H25N3O3. The van der Waals surface area contributed by atoms with Crippen LogP contribution in [0.2, 0.25) is 0 Å². The van der Waals surface area contributed by atoms with Crippen LogP contribution < -0.4 is 5.32 Å². The van der Waals surface area contributed by atoms with Crippen LogP contribution >= 0.6 is 0 Å². The van der Waals surface area contributed by atoms with Gasteiger partial charge in [0.2, 0.25) is 0 Å². The first kappa shape index (κ1) is 16.7.